The number of carbonyl (C=O) groups is 2. The minimum atomic E-state index is -0.579. The summed E-state index contributed by atoms with van der Waals surface area (Å²) in [5.74, 6) is -0.366. The van der Waals surface area contributed by atoms with E-state index in [2.05, 4.69) is 29.4 Å². The molecule has 5 heteroatoms. The largest absolute Gasteiger partial charge is 0.372 e. The molecule has 23 heavy (non-hydrogen) atoms. The minimum absolute atomic E-state index is 0.142. The first-order chi connectivity index (χ1) is 10.7. The number of carbonyl (C=O) groups excluding carboxylic acids is 2. The molecule has 0 aliphatic carbocycles. The van der Waals surface area contributed by atoms with Gasteiger partial charge in [-0.3, -0.25) is 9.59 Å². The monoisotopic (exact) mass is 319 g/mol. The zero-order chi connectivity index (χ0) is 17.6. The van der Waals surface area contributed by atoms with E-state index in [4.69, 9.17) is 0 Å². The van der Waals surface area contributed by atoms with Gasteiger partial charge < -0.3 is 15.5 Å². The van der Waals surface area contributed by atoms with Crippen LogP contribution < -0.4 is 15.5 Å². The van der Waals surface area contributed by atoms with Gasteiger partial charge in [-0.15, -0.1) is 0 Å². The van der Waals surface area contributed by atoms with Gasteiger partial charge in [0.15, 0.2) is 0 Å². The molecule has 0 aromatic heterocycles. The van der Waals surface area contributed by atoms with Crippen molar-refractivity contribution in [3.05, 3.63) is 24.3 Å². The topological polar surface area (TPSA) is 61.4 Å². The van der Waals surface area contributed by atoms with Gasteiger partial charge in [-0.05, 0) is 45.0 Å². The third kappa shape index (κ3) is 5.58. The fraction of sp³-hybridized carbons (Fsp3) is 0.556. The molecule has 5 nitrogen and oxygen atoms in total. The number of benzene rings is 1. The van der Waals surface area contributed by atoms with Crippen molar-refractivity contribution in [1.82, 2.24) is 5.32 Å². The lowest BCUT2D eigenvalue weighted by atomic mass is 9.95. The smallest absolute Gasteiger partial charge is 0.246 e. The van der Waals surface area contributed by atoms with Crippen LogP contribution in [0.1, 0.15) is 41.5 Å². The van der Waals surface area contributed by atoms with Crippen molar-refractivity contribution in [3.63, 3.8) is 0 Å². The van der Waals surface area contributed by atoms with E-state index in [1.807, 2.05) is 45.0 Å². The van der Waals surface area contributed by atoms with Crippen LogP contribution in [0.5, 0.6) is 0 Å². The molecule has 0 saturated carbocycles. The Kier molecular flexibility index (Phi) is 6.61. The average Bonchev–Trinajstić information content (AvgIpc) is 2.49. The van der Waals surface area contributed by atoms with Crippen molar-refractivity contribution in [2.45, 2.75) is 47.6 Å². The first-order valence-corrected chi connectivity index (χ1v) is 8.15. The van der Waals surface area contributed by atoms with Crippen LogP contribution in [0, 0.1) is 5.41 Å². The summed E-state index contributed by atoms with van der Waals surface area (Å²) in [6.07, 6.45) is 0. The molecule has 0 aliphatic rings. The minimum Gasteiger partial charge on any atom is -0.372 e. The summed E-state index contributed by atoms with van der Waals surface area (Å²) in [4.78, 5) is 26.3. The van der Waals surface area contributed by atoms with E-state index in [1.165, 1.54) is 0 Å². The highest BCUT2D eigenvalue weighted by molar-refractivity contribution is 5.97. The molecular formula is C18H29N3O2. The number of rotatable bonds is 6. The third-order valence-electron chi connectivity index (χ3n) is 3.69. The summed E-state index contributed by atoms with van der Waals surface area (Å²) in [7, 11) is 0. The van der Waals surface area contributed by atoms with Crippen LogP contribution in [-0.2, 0) is 9.59 Å². The van der Waals surface area contributed by atoms with E-state index >= 15 is 0 Å². The molecule has 0 spiro atoms. The van der Waals surface area contributed by atoms with Gasteiger partial charge >= 0.3 is 0 Å². The van der Waals surface area contributed by atoms with E-state index in [9.17, 15) is 9.59 Å². The molecule has 2 amide bonds. The highest BCUT2D eigenvalue weighted by atomic mass is 16.2. The quantitative estimate of drug-likeness (QED) is 0.847. The molecule has 0 heterocycles. The first-order valence-electron chi connectivity index (χ1n) is 8.15. The lowest BCUT2D eigenvalue weighted by Crippen LogP contribution is -2.46. The van der Waals surface area contributed by atoms with Crippen molar-refractivity contribution in [2.24, 2.45) is 5.41 Å². The third-order valence-corrected chi connectivity index (χ3v) is 3.69. The zero-order valence-corrected chi connectivity index (χ0v) is 15.1. The van der Waals surface area contributed by atoms with E-state index in [1.54, 1.807) is 6.92 Å². The summed E-state index contributed by atoms with van der Waals surface area (Å²) in [6.45, 7) is 13.2. The van der Waals surface area contributed by atoms with Gasteiger partial charge in [0, 0.05) is 29.9 Å². The highest BCUT2D eigenvalue weighted by Crippen LogP contribution is 2.18. The van der Waals surface area contributed by atoms with Crippen molar-refractivity contribution in [1.29, 1.82) is 0 Å². The molecule has 1 aromatic rings. The number of amides is 2. The predicted molar refractivity (Wildman–Crippen MR) is 95.7 cm³/mol. The average molecular weight is 319 g/mol. The van der Waals surface area contributed by atoms with Crippen molar-refractivity contribution in [3.8, 4) is 0 Å². The molecule has 128 valence electrons. The second-order valence-corrected chi connectivity index (χ2v) is 6.65. The summed E-state index contributed by atoms with van der Waals surface area (Å²) >= 11 is 0. The molecule has 1 aromatic carbocycles. The Hall–Kier alpha value is -2.04. The lowest BCUT2D eigenvalue weighted by molar-refractivity contribution is -0.131. The Morgan fingerprint density at radius 1 is 1.09 bits per heavy atom. The van der Waals surface area contributed by atoms with Gasteiger partial charge in [0.05, 0.1) is 0 Å². The van der Waals surface area contributed by atoms with Gasteiger partial charge in [0.25, 0.3) is 0 Å². The van der Waals surface area contributed by atoms with Crippen LogP contribution in [0.15, 0.2) is 24.3 Å². The zero-order valence-electron chi connectivity index (χ0n) is 15.1. The standard InChI is InChI=1S/C18H29N3O2/c1-7-21(8-2)15-11-9-14(10-12-15)20-16(22)13(3)19-17(23)18(4,5)6/h9-13H,7-8H2,1-6H3,(H,19,23)(H,20,22)/t13-/m1/s1. The summed E-state index contributed by atoms with van der Waals surface area (Å²) < 4.78 is 0. The van der Waals surface area contributed by atoms with Crippen molar-refractivity contribution < 1.29 is 9.59 Å². The Morgan fingerprint density at radius 2 is 1.61 bits per heavy atom. The fourth-order valence-electron chi connectivity index (χ4n) is 2.07. The predicted octanol–water partition coefficient (Wildman–Crippen LogP) is 3.02. The molecule has 0 unspecified atom stereocenters. The second-order valence-electron chi connectivity index (χ2n) is 6.65. The number of anilines is 2. The summed E-state index contributed by atoms with van der Waals surface area (Å²) in [5.41, 5.74) is 1.34. The lowest BCUT2D eigenvalue weighted by Gasteiger charge is -2.22. The number of nitrogens with zero attached hydrogens (tertiary/aromatic N) is 1. The first kappa shape index (κ1) is 19.0. The van der Waals surface area contributed by atoms with Crippen LogP contribution in [-0.4, -0.2) is 30.9 Å². The molecule has 0 radical (unpaired) electrons. The van der Waals surface area contributed by atoms with Crippen LogP contribution in [0.4, 0.5) is 11.4 Å². The summed E-state index contributed by atoms with van der Waals surface area (Å²) in [5, 5.41) is 5.56. The highest BCUT2D eigenvalue weighted by Gasteiger charge is 2.25. The Labute approximate surface area is 139 Å². The van der Waals surface area contributed by atoms with Crippen molar-refractivity contribution in [2.75, 3.05) is 23.3 Å². The molecule has 0 aliphatic heterocycles. The second kappa shape index (κ2) is 7.99. The molecule has 2 N–H and O–H groups in total. The molecule has 0 fully saturated rings. The van der Waals surface area contributed by atoms with Gasteiger partial charge in [-0.1, -0.05) is 20.8 Å². The van der Waals surface area contributed by atoms with Gasteiger partial charge in [-0.25, -0.2) is 0 Å². The molecule has 0 saturated heterocycles. The van der Waals surface area contributed by atoms with Crippen LogP contribution >= 0.6 is 0 Å². The SMILES string of the molecule is CCN(CC)c1ccc(NC(=O)[C@@H](C)NC(=O)C(C)(C)C)cc1. The van der Waals surface area contributed by atoms with E-state index in [-0.39, 0.29) is 11.8 Å². The number of hydrogen-bond acceptors (Lipinski definition) is 3. The van der Waals surface area contributed by atoms with Crippen LogP contribution in [0.25, 0.3) is 0 Å². The maximum absolute atomic E-state index is 12.2. The maximum Gasteiger partial charge on any atom is 0.246 e. The van der Waals surface area contributed by atoms with Crippen LogP contribution in [0.3, 0.4) is 0 Å². The molecule has 1 atom stereocenters. The molecule has 0 bridgehead atoms. The van der Waals surface area contributed by atoms with E-state index in [0.717, 1.165) is 24.5 Å². The van der Waals surface area contributed by atoms with Gasteiger partial charge in [-0.2, -0.15) is 0 Å². The fourth-order valence-corrected chi connectivity index (χ4v) is 2.07. The van der Waals surface area contributed by atoms with E-state index < -0.39 is 11.5 Å². The normalized spacial score (nSPS) is 12.4. The molecule has 1 rings (SSSR count). The Morgan fingerprint density at radius 3 is 2.04 bits per heavy atom. The van der Waals surface area contributed by atoms with Crippen LogP contribution in [0.2, 0.25) is 0 Å². The molecular weight excluding hydrogens is 290 g/mol. The Bertz CT molecular complexity index is 528. The van der Waals surface area contributed by atoms with Gasteiger partial charge in [0.1, 0.15) is 6.04 Å². The number of nitrogens with one attached hydrogen (secondary N) is 2. The summed E-state index contributed by atoms with van der Waals surface area (Å²) in [6, 6.07) is 7.15. The van der Waals surface area contributed by atoms with E-state index in [0.29, 0.717) is 0 Å². The van der Waals surface area contributed by atoms with Gasteiger partial charge in [0.2, 0.25) is 11.8 Å². The maximum atomic E-state index is 12.2. The Balaban J connectivity index is 2.65. The number of hydrogen-bond donors (Lipinski definition) is 2. The van der Waals surface area contributed by atoms with Crippen molar-refractivity contribution >= 4 is 23.2 Å².